The van der Waals surface area contributed by atoms with E-state index in [1.807, 2.05) is 18.2 Å². The number of nitrogens with one attached hydrogen (secondary N) is 1. The smallest absolute Gasteiger partial charge is 0.248 e. The maximum atomic E-state index is 11.6. The lowest BCUT2D eigenvalue weighted by atomic mass is 10.3. The molecule has 1 heterocycles. The number of benzene rings is 1. The van der Waals surface area contributed by atoms with Crippen LogP contribution in [-0.4, -0.2) is 11.7 Å². The van der Waals surface area contributed by atoms with Crippen molar-refractivity contribution in [2.75, 3.05) is 5.32 Å². The first-order valence-electron chi connectivity index (χ1n) is 5.80. The molecule has 1 aromatic carbocycles. The van der Waals surface area contributed by atoms with Gasteiger partial charge in [-0.25, -0.2) is 0 Å². The zero-order valence-corrected chi connectivity index (χ0v) is 10.4. The first-order chi connectivity index (χ1) is 9.15. The molecule has 1 N–H and O–H groups in total. The van der Waals surface area contributed by atoms with E-state index >= 15 is 0 Å². The predicted octanol–water partition coefficient (Wildman–Crippen LogP) is 3.13. The molecular weight excluding hydrogens is 242 g/mol. The highest BCUT2D eigenvalue weighted by molar-refractivity contribution is 6.01. The molecule has 0 spiro atoms. The van der Waals surface area contributed by atoms with Crippen LogP contribution in [0.4, 0.5) is 5.69 Å². The fourth-order valence-corrected chi connectivity index (χ4v) is 1.49. The number of anilines is 1. The van der Waals surface area contributed by atoms with Crippen LogP contribution in [0.2, 0.25) is 0 Å². The number of rotatable bonds is 4. The number of furan rings is 1. The topological polar surface area (TPSA) is 59.3 Å². The van der Waals surface area contributed by atoms with Gasteiger partial charge in [-0.05, 0) is 30.3 Å². The summed E-state index contributed by atoms with van der Waals surface area (Å²) in [5.74, 6) is 0.344. The van der Waals surface area contributed by atoms with E-state index in [4.69, 9.17) is 4.42 Å². The van der Waals surface area contributed by atoms with Gasteiger partial charge in [0.15, 0.2) is 11.5 Å². The standard InChI is InChI=1S/C15H13NO3/c1-11(17)14-9-7-13(19-14)8-10-15(18)16-12-5-3-2-4-6-12/h2-10H,1H3,(H,16,18)/b10-8-. The molecular formula is C15H13NO3. The third-order valence-corrected chi connectivity index (χ3v) is 2.41. The van der Waals surface area contributed by atoms with Gasteiger partial charge in [0.2, 0.25) is 5.91 Å². The highest BCUT2D eigenvalue weighted by Crippen LogP contribution is 2.10. The highest BCUT2D eigenvalue weighted by atomic mass is 16.3. The van der Waals surface area contributed by atoms with Crippen molar-refractivity contribution in [2.24, 2.45) is 0 Å². The molecule has 4 nitrogen and oxygen atoms in total. The number of para-hydroxylation sites is 1. The van der Waals surface area contributed by atoms with E-state index in [9.17, 15) is 9.59 Å². The van der Waals surface area contributed by atoms with Crippen LogP contribution in [0.3, 0.4) is 0 Å². The maximum absolute atomic E-state index is 11.6. The van der Waals surface area contributed by atoms with E-state index in [1.54, 1.807) is 24.3 Å². The average molecular weight is 255 g/mol. The van der Waals surface area contributed by atoms with Gasteiger partial charge in [-0.2, -0.15) is 0 Å². The summed E-state index contributed by atoms with van der Waals surface area (Å²) in [7, 11) is 0. The second-order valence-corrected chi connectivity index (χ2v) is 3.95. The normalized spacial score (nSPS) is 10.6. The van der Waals surface area contributed by atoms with Gasteiger partial charge >= 0.3 is 0 Å². The second-order valence-electron chi connectivity index (χ2n) is 3.95. The van der Waals surface area contributed by atoms with Gasteiger partial charge in [0.25, 0.3) is 0 Å². The van der Waals surface area contributed by atoms with Gasteiger partial charge in [0.05, 0.1) is 0 Å². The monoisotopic (exact) mass is 255 g/mol. The molecule has 0 radical (unpaired) electrons. The van der Waals surface area contributed by atoms with Gasteiger partial charge in [0.1, 0.15) is 5.76 Å². The number of carbonyl (C=O) groups excluding carboxylic acids is 2. The van der Waals surface area contributed by atoms with Crippen LogP contribution in [0.5, 0.6) is 0 Å². The van der Waals surface area contributed by atoms with Crippen LogP contribution in [0.15, 0.2) is 53.0 Å². The summed E-state index contributed by atoms with van der Waals surface area (Å²) in [5, 5.41) is 2.71. The molecule has 0 saturated carbocycles. The van der Waals surface area contributed by atoms with E-state index in [0.717, 1.165) is 5.69 Å². The number of hydrogen-bond donors (Lipinski definition) is 1. The Morgan fingerprint density at radius 1 is 1.11 bits per heavy atom. The first kappa shape index (κ1) is 12.8. The number of carbonyl (C=O) groups is 2. The molecule has 2 rings (SSSR count). The fraction of sp³-hybridized carbons (Fsp3) is 0.0667. The van der Waals surface area contributed by atoms with Crippen molar-refractivity contribution >= 4 is 23.5 Å². The molecule has 0 bridgehead atoms. The molecule has 2 aromatic rings. The van der Waals surface area contributed by atoms with E-state index in [1.165, 1.54) is 19.1 Å². The summed E-state index contributed by atoms with van der Waals surface area (Å²) in [6.45, 7) is 1.43. The van der Waals surface area contributed by atoms with Gasteiger partial charge in [0, 0.05) is 18.7 Å². The maximum Gasteiger partial charge on any atom is 0.248 e. The van der Waals surface area contributed by atoms with Crippen LogP contribution in [0.25, 0.3) is 6.08 Å². The Kier molecular flexibility index (Phi) is 3.93. The van der Waals surface area contributed by atoms with E-state index in [0.29, 0.717) is 5.76 Å². The van der Waals surface area contributed by atoms with Crippen molar-refractivity contribution in [1.82, 2.24) is 0 Å². The van der Waals surface area contributed by atoms with Crippen LogP contribution in [0.1, 0.15) is 23.2 Å². The quantitative estimate of drug-likeness (QED) is 0.674. The molecule has 4 heteroatoms. The number of ketones is 1. The Morgan fingerprint density at radius 3 is 2.47 bits per heavy atom. The molecule has 0 unspecified atom stereocenters. The fourth-order valence-electron chi connectivity index (χ4n) is 1.49. The average Bonchev–Trinajstić information content (AvgIpc) is 2.86. The minimum Gasteiger partial charge on any atom is -0.454 e. The zero-order chi connectivity index (χ0) is 13.7. The molecule has 0 atom stereocenters. The van der Waals surface area contributed by atoms with E-state index in [2.05, 4.69) is 5.32 Å². The molecule has 0 fully saturated rings. The van der Waals surface area contributed by atoms with Crippen molar-refractivity contribution in [1.29, 1.82) is 0 Å². The Labute approximate surface area is 110 Å². The van der Waals surface area contributed by atoms with Crippen molar-refractivity contribution in [3.63, 3.8) is 0 Å². The Bertz CT molecular complexity index is 611. The van der Waals surface area contributed by atoms with E-state index < -0.39 is 0 Å². The van der Waals surface area contributed by atoms with Crippen LogP contribution in [-0.2, 0) is 4.79 Å². The summed E-state index contributed by atoms with van der Waals surface area (Å²) in [6, 6.07) is 12.4. The summed E-state index contributed by atoms with van der Waals surface area (Å²) in [6.07, 6.45) is 2.88. The lowest BCUT2D eigenvalue weighted by molar-refractivity contribution is -0.111. The van der Waals surface area contributed by atoms with Crippen LogP contribution >= 0.6 is 0 Å². The molecule has 0 saturated heterocycles. The third-order valence-electron chi connectivity index (χ3n) is 2.41. The zero-order valence-electron chi connectivity index (χ0n) is 10.4. The van der Waals surface area contributed by atoms with Crippen molar-refractivity contribution in [2.45, 2.75) is 6.92 Å². The van der Waals surface area contributed by atoms with Gasteiger partial charge < -0.3 is 9.73 Å². The summed E-state index contributed by atoms with van der Waals surface area (Å²) in [5.41, 5.74) is 0.723. The SMILES string of the molecule is CC(=O)c1ccc(/C=C\C(=O)Nc2ccccc2)o1. The molecule has 96 valence electrons. The number of Topliss-reactive ketones (excluding diaryl/α,β-unsaturated/α-hetero) is 1. The lowest BCUT2D eigenvalue weighted by Gasteiger charge is -1.99. The first-order valence-corrected chi connectivity index (χ1v) is 5.80. The van der Waals surface area contributed by atoms with Crippen molar-refractivity contribution in [3.05, 3.63) is 60.1 Å². The van der Waals surface area contributed by atoms with Gasteiger partial charge in [-0.15, -0.1) is 0 Å². The minimum atomic E-state index is -0.257. The predicted molar refractivity (Wildman–Crippen MR) is 72.8 cm³/mol. The van der Waals surface area contributed by atoms with Gasteiger partial charge in [-0.3, -0.25) is 9.59 Å². The van der Waals surface area contributed by atoms with Crippen LogP contribution < -0.4 is 5.32 Å². The minimum absolute atomic E-state index is 0.145. The van der Waals surface area contributed by atoms with Crippen molar-refractivity contribution in [3.8, 4) is 0 Å². The third kappa shape index (κ3) is 3.67. The van der Waals surface area contributed by atoms with Gasteiger partial charge in [-0.1, -0.05) is 18.2 Å². The Morgan fingerprint density at radius 2 is 1.84 bits per heavy atom. The molecule has 0 aliphatic heterocycles. The molecule has 1 aromatic heterocycles. The molecule has 0 aliphatic rings. The number of amides is 1. The Hall–Kier alpha value is -2.62. The van der Waals surface area contributed by atoms with Crippen LogP contribution in [0, 0.1) is 0 Å². The molecule has 0 aliphatic carbocycles. The van der Waals surface area contributed by atoms with Crippen molar-refractivity contribution < 1.29 is 14.0 Å². The summed E-state index contributed by atoms with van der Waals surface area (Å²) < 4.78 is 5.23. The lowest BCUT2D eigenvalue weighted by Crippen LogP contribution is -2.07. The highest BCUT2D eigenvalue weighted by Gasteiger charge is 2.04. The molecule has 1 amide bonds. The second kappa shape index (κ2) is 5.82. The number of hydrogen-bond acceptors (Lipinski definition) is 3. The van der Waals surface area contributed by atoms with E-state index in [-0.39, 0.29) is 17.5 Å². The Balaban J connectivity index is 1.98. The summed E-state index contributed by atoms with van der Waals surface area (Å²) >= 11 is 0. The molecule has 19 heavy (non-hydrogen) atoms. The summed E-state index contributed by atoms with van der Waals surface area (Å²) in [4.78, 5) is 22.7. The largest absolute Gasteiger partial charge is 0.454 e.